The molecule has 1 saturated heterocycles. The van der Waals surface area contributed by atoms with Crippen LogP contribution in [0.2, 0.25) is 0 Å². The minimum atomic E-state index is -0.542. The van der Waals surface area contributed by atoms with E-state index >= 15 is 0 Å². The number of pyridine rings is 1. The van der Waals surface area contributed by atoms with E-state index in [-0.39, 0.29) is 17.7 Å². The number of benzene rings is 1. The van der Waals surface area contributed by atoms with Crippen LogP contribution in [0.5, 0.6) is 0 Å². The highest BCUT2D eigenvalue weighted by Crippen LogP contribution is 2.40. The molecule has 37 heavy (non-hydrogen) atoms. The van der Waals surface area contributed by atoms with Crippen LogP contribution in [0, 0.1) is 11.8 Å². The second kappa shape index (κ2) is 11.1. The van der Waals surface area contributed by atoms with Gasteiger partial charge in [-0.2, -0.15) is 4.39 Å². The Labute approximate surface area is 217 Å². The van der Waals surface area contributed by atoms with E-state index in [0.29, 0.717) is 37.5 Å². The minimum absolute atomic E-state index is 0.0949. The number of carbonyl (C=O) groups excluding carboxylic acids is 1. The van der Waals surface area contributed by atoms with Crippen LogP contribution in [0.3, 0.4) is 0 Å². The van der Waals surface area contributed by atoms with E-state index in [0.717, 1.165) is 46.1 Å². The number of aromatic nitrogens is 3. The highest BCUT2D eigenvalue weighted by atomic mass is 32.1. The predicted molar refractivity (Wildman–Crippen MR) is 142 cm³/mol. The number of hydrogen-bond acceptors (Lipinski definition) is 7. The predicted octanol–water partition coefficient (Wildman–Crippen LogP) is 4.29. The van der Waals surface area contributed by atoms with E-state index in [1.807, 2.05) is 31.2 Å². The standard InChI is InChI=1S/C26H27F2N7OS/c1-2-29-7-6-17-14-32-22(28)13-19(17)18-5-3-4-16-12-21(37-24(16)18)23-20(27)15-33-25(34-23)30-8-10-35-11-9-31-26(35)36/h3-5,12-15,29H,2,6-11H2,1H3,(H,31,36)(H,30,33,34). The van der Waals surface area contributed by atoms with Gasteiger partial charge in [-0.15, -0.1) is 11.3 Å². The second-order valence-corrected chi connectivity index (χ2v) is 9.69. The van der Waals surface area contributed by atoms with Gasteiger partial charge in [-0.3, -0.25) is 0 Å². The molecule has 0 atom stereocenters. The molecule has 0 bridgehead atoms. The molecule has 1 fully saturated rings. The number of nitrogens with zero attached hydrogens (tertiary/aromatic N) is 4. The third kappa shape index (κ3) is 5.52. The number of urea groups is 1. The SMILES string of the molecule is CCNCCc1cnc(F)cc1-c1cccc2cc(-c3nc(NCCN4CCNC4=O)ncc3F)sc12. The summed E-state index contributed by atoms with van der Waals surface area (Å²) < 4.78 is 30.0. The number of likely N-dealkylation sites (N-methyl/N-ethyl adjacent to an activating group) is 1. The van der Waals surface area contributed by atoms with Crippen molar-refractivity contribution in [1.29, 1.82) is 0 Å². The van der Waals surface area contributed by atoms with E-state index < -0.39 is 11.8 Å². The normalized spacial score (nSPS) is 13.4. The molecule has 192 valence electrons. The molecule has 11 heteroatoms. The van der Waals surface area contributed by atoms with Crippen LogP contribution in [-0.4, -0.2) is 65.2 Å². The number of rotatable bonds is 10. The van der Waals surface area contributed by atoms with E-state index in [4.69, 9.17) is 0 Å². The summed E-state index contributed by atoms with van der Waals surface area (Å²) in [5.74, 6) is -0.783. The molecule has 1 aliphatic rings. The van der Waals surface area contributed by atoms with Gasteiger partial charge < -0.3 is 20.9 Å². The minimum Gasteiger partial charge on any atom is -0.352 e. The van der Waals surface area contributed by atoms with Crippen molar-refractivity contribution >= 4 is 33.4 Å². The zero-order valence-corrected chi connectivity index (χ0v) is 21.2. The van der Waals surface area contributed by atoms with Gasteiger partial charge in [0.25, 0.3) is 0 Å². The van der Waals surface area contributed by atoms with Crippen LogP contribution >= 0.6 is 11.3 Å². The molecular weight excluding hydrogens is 496 g/mol. The third-order valence-corrected chi connectivity index (χ3v) is 7.39. The number of anilines is 1. The number of amides is 2. The van der Waals surface area contributed by atoms with Crippen molar-refractivity contribution in [2.45, 2.75) is 13.3 Å². The lowest BCUT2D eigenvalue weighted by atomic mass is 9.98. The fraction of sp³-hybridized carbons (Fsp3) is 0.308. The maximum absolute atomic E-state index is 14.8. The summed E-state index contributed by atoms with van der Waals surface area (Å²) in [7, 11) is 0. The quantitative estimate of drug-likeness (QED) is 0.212. The Hall–Kier alpha value is -3.70. The first kappa shape index (κ1) is 25.0. The van der Waals surface area contributed by atoms with Gasteiger partial charge in [-0.05, 0) is 47.7 Å². The Morgan fingerprint density at radius 3 is 2.84 bits per heavy atom. The van der Waals surface area contributed by atoms with Gasteiger partial charge in [0.2, 0.25) is 11.9 Å². The summed E-state index contributed by atoms with van der Waals surface area (Å²) in [4.78, 5) is 26.4. The number of nitrogens with one attached hydrogen (secondary N) is 3. The fourth-order valence-corrected chi connectivity index (χ4v) is 5.53. The van der Waals surface area contributed by atoms with Gasteiger partial charge in [-0.1, -0.05) is 25.1 Å². The zero-order chi connectivity index (χ0) is 25.8. The first-order valence-corrected chi connectivity index (χ1v) is 13.0. The number of carbonyl (C=O) groups is 1. The van der Waals surface area contributed by atoms with Gasteiger partial charge in [0.1, 0.15) is 5.69 Å². The Morgan fingerprint density at radius 2 is 2.03 bits per heavy atom. The van der Waals surface area contributed by atoms with Gasteiger partial charge >= 0.3 is 6.03 Å². The number of thiophene rings is 1. The fourth-order valence-electron chi connectivity index (χ4n) is 4.35. The van der Waals surface area contributed by atoms with Crippen LogP contribution in [0.15, 0.2) is 42.7 Å². The molecule has 1 aliphatic heterocycles. The largest absolute Gasteiger partial charge is 0.352 e. The van der Waals surface area contributed by atoms with Crippen molar-refractivity contribution in [3.8, 4) is 21.7 Å². The third-order valence-electron chi connectivity index (χ3n) is 6.20. The summed E-state index contributed by atoms with van der Waals surface area (Å²) >= 11 is 1.40. The Morgan fingerprint density at radius 1 is 1.14 bits per heavy atom. The van der Waals surface area contributed by atoms with Crippen LogP contribution in [-0.2, 0) is 6.42 Å². The Kier molecular flexibility index (Phi) is 7.52. The molecule has 3 aromatic heterocycles. The first-order chi connectivity index (χ1) is 18.0. The topological polar surface area (TPSA) is 95.1 Å². The Bertz CT molecular complexity index is 1430. The molecule has 1 aromatic carbocycles. The second-order valence-electron chi connectivity index (χ2n) is 8.64. The van der Waals surface area contributed by atoms with Crippen LogP contribution in [0.1, 0.15) is 12.5 Å². The van der Waals surface area contributed by atoms with Crippen molar-refractivity contribution in [3.05, 3.63) is 60.1 Å². The molecule has 4 aromatic rings. The summed E-state index contributed by atoms with van der Waals surface area (Å²) in [5, 5.41) is 10.0. The van der Waals surface area contributed by atoms with Crippen LogP contribution < -0.4 is 16.0 Å². The van der Waals surface area contributed by atoms with Crippen LogP contribution in [0.25, 0.3) is 31.8 Å². The molecule has 2 amide bonds. The van der Waals surface area contributed by atoms with E-state index in [9.17, 15) is 13.6 Å². The lowest BCUT2D eigenvalue weighted by Gasteiger charge is -2.14. The molecule has 4 heterocycles. The summed E-state index contributed by atoms with van der Waals surface area (Å²) in [6.45, 7) is 5.86. The smallest absolute Gasteiger partial charge is 0.317 e. The van der Waals surface area contributed by atoms with E-state index in [2.05, 4.69) is 30.9 Å². The molecule has 0 saturated carbocycles. The van der Waals surface area contributed by atoms with Gasteiger partial charge in [0.05, 0.1) is 11.1 Å². The number of halogens is 2. The van der Waals surface area contributed by atoms with Crippen molar-refractivity contribution < 1.29 is 13.6 Å². The van der Waals surface area contributed by atoms with Crippen LogP contribution in [0.4, 0.5) is 19.5 Å². The number of fused-ring (bicyclic) bond motifs is 1. The molecule has 5 rings (SSSR count). The maximum atomic E-state index is 14.8. The molecular formula is C26H27F2N7OS. The van der Waals surface area contributed by atoms with E-state index in [1.54, 1.807) is 11.1 Å². The van der Waals surface area contributed by atoms with Crippen molar-refractivity contribution in [2.75, 3.05) is 44.6 Å². The zero-order valence-electron chi connectivity index (χ0n) is 20.4. The molecule has 0 aliphatic carbocycles. The van der Waals surface area contributed by atoms with E-state index in [1.165, 1.54) is 17.4 Å². The average Bonchev–Trinajstić information content (AvgIpc) is 3.52. The number of hydrogen-bond donors (Lipinski definition) is 3. The molecule has 0 radical (unpaired) electrons. The maximum Gasteiger partial charge on any atom is 0.317 e. The molecule has 8 nitrogen and oxygen atoms in total. The van der Waals surface area contributed by atoms with Gasteiger partial charge in [0, 0.05) is 43.1 Å². The van der Waals surface area contributed by atoms with Gasteiger partial charge in [0.15, 0.2) is 5.82 Å². The molecule has 0 spiro atoms. The Balaban J connectivity index is 1.44. The molecule has 3 N–H and O–H groups in total. The highest BCUT2D eigenvalue weighted by Gasteiger charge is 2.19. The highest BCUT2D eigenvalue weighted by molar-refractivity contribution is 7.22. The van der Waals surface area contributed by atoms with Crippen molar-refractivity contribution in [2.24, 2.45) is 0 Å². The summed E-state index contributed by atoms with van der Waals surface area (Å²) in [6, 6.07) is 9.08. The van der Waals surface area contributed by atoms with Crippen molar-refractivity contribution in [1.82, 2.24) is 30.5 Å². The molecule has 0 unspecified atom stereocenters. The summed E-state index contributed by atoms with van der Waals surface area (Å²) in [5.41, 5.74) is 2.78. The summed E-state index contributed by atoms with van der Waals surface area (Å²) in [6.07, 6.45) is 3.44. The lowest BCUT2D eigenvalue weighted by molar-refractivity contribution is 0.219. The lowest BCUT2D eigenvalue weighted by Crippen LogP contribution is -2.32. The average molecular weight is 524 g/mol. The van der Waals surface area contributed by atoms with Crippen molar-refractivity contribution in [3.63, 3.8) is 0 Å². The first-order valence-electron chi connectivity index (χ1n) is 12.2. The monoisotopic (exact) mass is 523 g/mol. The van der Waals surface area contributed by atoms with Gasteiger partial charge in [-0.25, -0.2) is 24.1 Å².